The predicted octanol–water partition coefficient (Wildman–Crippen LogP) is 2.45. The van der Waals surface area contributed by atoms with Crippen molar-refractivity contribution >= 4 is 39.3 Å². The molecule has 2 aromatic rings. The van der Waals surface area contributed by atoms with Crippen molar-refractivity contribution in [1.82, 2.24) is 9.62 Å². The fraction of sp³-hybridized carbons (Fsp3) is 0.238. The summed E-state index contributed by atoms with van der Waals surface area (Å²) in [5.74, 6) is 0.384. The Morgan fingerprint density at radius 2 is 1.83 bits per heavy atom. The highest BCUT2D eigenvalue weighted by Gasteiger charge is 2.35. The van der Waals surface area contributed by atoms with Gasteiger partial charge in [0.15, 0.2) is 0 Å². The first-order chi connectivity index (χ1) is 14.4. The van der Waals surface area contributed by atoms with E-state index in [0.29, 0.717) is 28.4 Å². The molecule has 9 heteroatoms. The van der Waals surface area contributed by atoms with Gasteiger partial charge in [0.05, 0.1) is 11.6 Å². The summed E-state index contributed by atoms with van der Waals surface area (Å²) in [6.45, 7) is 3.66. The molecule has 2 N–H and O–H groups in total. The highest BCUT2D eigenvalue weighted by molar-refractivity contribution is 7.99. The van der Waals surface area contributed by atoms with E-state index < -0.39 is 16.1 Å². The van der Waals surface area contributed by atoms with Gasteiger partial charge in [-0.3, -0.25) is 9.59 Å². The molecule has 0 bridgehead atoms. The van der Waals surface area contributed by atoms with Crippen molar-refractivity contribution in [2.75, 3.05) is 23.5 Å². The van der Waals surface area contributed by atoms with Gasteiger partial charge in [-0.15, -0.1) is 18.3 Å². The van der Waals surface area contributed by atoms with Crippen LogP contribution in [-0.4, -0.2) is 49.3 Å². The molecule has 0 spiro atoms. The second-order valence-electron chi connectivity index (χ2n) is 6.74. The molecule has 0 aliphatic carbocycles. The van der Waals surface area contributed by atoms with Crippen LogP contribution in [-0.2, 0) is 20.6 Å². The minimum absolute atomic E-state index is 0.159. The standard InChI is InChI=1S/C21H23N3O4S2/c1-2-12-22-30(27,28)14-16-8-10-18(11-9-16)23-20(25)19-13-29-15-24(19)21(26)17-6-4-3-5-7-17/h2-11,19,22H,1,12-15H2,(H,23,25). The fourth-order valence-corrected chi connectivity index (χ4v) is 5.23. The number of thioether (sulfide) groups is 1. The second-order valence-corrected chi connectivity index (χ2v) is 9.55. The van der Waals surface area contributed by atoms with Gasteiger partial charge in [-0.1, -0.05) is 36.4 Å². The largest absolute Gasteiger partial charge is 0.324 e. The number of carbonyl (C=O) groups excluding carboxylic acids is 2. The summed E-state index contributed by atoms with van der Waals surface area (Å²) in [7, 11) is -3.44. The maximum atomic E-state index is 12.8. The van der Waals surface area contributed by atoms with E-state index in [1.165, 1.54) is 17.8 Å². The number of hydrogen-bond acceptors (Lipinski definition) is 5. The molecule has 1 saturated heterocycles. The van der Waals surface area contributed by atoms with Crippen LogP contribution in [0.25, 0.3) is 0 Å². The topological polar surface area (TPSA) is 95.6 Å². The van der Waals surface area contributed by atoms with Gasteiger partial charge in [-0.05, 0) is 29.8 Å². The first kappa shape index (κ1) is 22.1. The minimum atomic E-state index is -3.44. The number of amides is 2. The van der Waals surface area contributed by atoms with Crippen LogP contribution in [0.5, 0.6) is 0 Å². The van der Waals surface area contributed by atoms with E-state index in [0.717, 1.165) is 0 Å². The van der Waals surface area contributed by atoms with Gasteiger partial charge >= 0.3 is 0 Å². The maximum Gasteiger partial charge on any atom is 0.255 e. The van der Waals surface area contributed by atoms with Crippen molar-refractivity contribution in [3.63, 3.8) is 0 Å². The number of nitrogens with one attached hydrogen (secondary N) is 2. The highest BCUT2D eigenvalue weighted by atomic mass is 32.2. The average Bonchev–Trinajstić information content (AvgIpc) is 3.24. The zero-order valence-corrected chi connectivity index (χ0v) is 17.9. The van der Waals surface area contributed by atoms with Crippen LogP contribution in [0.1, 0.15) is 15.9 Å². The molecule has 1 aliphatic rings. The zero-order valence-electron chi connectivity index (χ0n) is 16.3. The van der Waals surface area contributed by atoms with Crippen molar-refractivity contribution in [3.05, 3.63) is 78.4 Å². The van der Waals surface area contributed by atoms with Crippen LogP contribution in [0.3, 0.4) is 0 Å². The van der Waals surface area contributed by atoms with E-state index in [1.807, 2.05) is 6.07 Å². The van der Waals surface area contributed by atoms with Crippen LogP contribution in [0.15, 0.2) is 67.3 Å². The summed E-state index contributed by atoms with van der Waals surface area (Å²) < 4.78 is 26.3. The Morgan fingerprint density at radius 3 is 2.50 bits per heavy atom. The summed E-state index contributed by atoms with van der Waals surface area (Å²) in [6.07, 6.45) is 1.48. The van der Waals surface area contributed by atoms with Gasteiger partial charge in [-0.25, -0.2) is 13.1 Å². The fourth-order valence-electron chi connectivity index (χ4n) is 2.97. The van der Waals surface area contributed by atoms with Gasteiger partial charge < -0.3 is 10.2 Å². The molecule has 1 aliphatic heterocycles. The molecule has 1 unspecified atom stereocenters. The van der Waals surface area contributed by atoms with Crippen molar-refractivity contribution < 1.29 is 18.0 Å². The Kier molecular flexibility index (Phi) is 7.30. The van der Waals surface area contributed by atoms with Crippen LogP contribution in [0.4, 0.5) is 5.69 Å². The molecule has 1 fully saturated rings. The summed E-state index contributed by atoms with van der Waals surface area (Å²) in [5, 5.41) is 2.82. The Bertz CT molecular complexity index is 1010. The van der Waals surface area contributed by atoms with Crippen molar-refractivity contribution in [2.45, 2.75) is 11.8 Å². The molecule has 0 aromatic heterocycles. The van der Waals surface area contributed by atoms with E-state index >= 15 is 0 Å². The first-order valence-electron chi connectivity index (χ1n) is 9.31. The Morgan fingerprint density at radius 1 is 1.13 bits per heavy atom. The zero-order chi connectivity index (χ0) is 21.6. The van der Waals surface area contributed by atoms with Gasteiger partial charge in [0.25, 0.3) is 5.91 Å². The third-order valence-corrected chi connectivity index (χ3v) is 6.82. The number of carbonyl (C=O) groups is 2. The van der Waals surface area contributed by atoms with E-state index in [-0.39, 0.29) is 24.1 Å². The summed E-state index contributed by atoms with van der Waals surface area (Å²) in [5.41, 5.74) is 1.69. The Balaban J connectivity index is 1.62. The van der Waals surface area contributed by atoms with Gasteiger partial charge in [0, 0.05) is 23.5 Å². The number of hydrogen-bond donors (Lipinski definition) is 2. The summed E-state index contributed by atoms with van der Waals surface area (Å²) in [4.78, 5) is 27.1. The van der Waals surface area contributed by atoms with E-state index in [1.54, 1.807) is 53.4 Å². The molecule has 2 amide bonds. The average molecular weight is 446 g/mol. The third-order valence-electron chi connectivity index (χ3n) is 4.49. The lowest BCUT2D eigenvalue weighted by molar-refractivity contribution is -0.119. The smallest absolute Gasteiger partial charge is 0.255 e. The summed E-state index contributed by atoms with van der Waals surface area (Å²) >= 11 is 1.53. The molecule has 7 nitrogen and oxygen atoms in total. The number of benzene rings is 2. The lowest BCUT2D eigenvalue weighted by Crippen LogP contribution is -2.44. The van der Waals surface area contributed by atoms with Crippen molar-refractivity contribution in [2.24, 2.45) is 0 Å². The SMILES string of the molecule is C=CCNS(=O)(=O)Cc1ccc(NC(=O)C2CSCN2C(=O)c2ccccc2)cc1. The molecule has 0 saturated carbocycles. The monoisotopic (exact) mass is 445 g/mol. The lowest BCUT2D eigenvalue weighted by atomic mass is 10.1. The number of sulfonamides is 1. The van der Waals surface area contributed by atoms with Crippen LogP contribution in [0.2, 0.25) is 0 Å². The Hall–Kier alpha value is -2.62. The number of anilines is 1. The highest BCUT2D eigenvalue weighted by Crippen LogP contribution is 2.24. The molecule has 1 atom stereocenters. The van der Waals surface area contributed by atoms with Gasteiger partial charge in [0.1, 0.15) is 6.04 Å². The molecule has 1 heterocycles. The first-order valence-corrected chi connectivity index (χ1v) is 12.1. The van der Waals surface area contributed by atoms with Crippen molar-refractivity contribution in [3.8, 4) is 0 Å². The molecule has 3 rings (SSSR count). The van der Waals surface area contributed by atoms with E-state index in [4.69, 9.17) is 0 Å². The predicted molar refractivity (Wildman–Crippen MR) is 120 cm³/mol. The molecule has 2 aromatic carbocycles. The van der Waals surface area contributed by atoms with E-state index in [9.17, 15) is 18.0 Å². The minimum Gasteiger partial charge on any atom is -0.324 e. The quantitative estimate of drug-likeness (QED) is 0.609. The summed E-state index contributed by atoms with van der Waals surface area (Å²) in [6, 6.07) is 14.9. The molecular weight excluding hydrogens is 422 g/mol. The molecule has 30 heavy (non-hydrogen) atoms. The number of rotatable bonds is 8. The molecule has 0 radical (unpaired) electrons. The third kappa shape index (κ3) is 5.71. The molecular formula is C21H23N3O4S2. The van der Waals surface area contributed by atoms with Crippen molar-refractivity contribution in [1.29, 1.82) is 0 Å². The van der Waals surface area contributed by atoms with Crippen LogP contribution >= 0.6 is 11.8 Å². The lowest BCUT2D eigenvalue weighted by Gasteiger charge is -2.23. The normalized spacial score (nSPS) is 16.3. The van der Waals surface area contributed by atoms with Crippen LogP contribution in [0, 0.1) is 0 Å². The van der Waals surface area contributed by atoms with Gasteiger partial charge in [-0.2, -0.15) is 0 Å². The second kappa shape index (κ2) is 9.92. The number of nitrogens with zero attached hydrogens (tertiary/aromatic N) is 1. The Labute approximate surface area is 180 Å². The molecule has 158 valence electrons. The van der Waals surface area contributed by atoms with E-state index in [2.05, 4.69) is 16.6 Å². The maximum absolute atomic E-state index is 12.8. The van der Waals surface area contributed by atoms with Crippen LogP contribution < -0.4 is 10.0 Å². The van der Waals surface area contributed by atoms with Gasteiger partial charge in [0.2, 0.25) is 15.9 Å².